The zero-order valence-corrected chi connectivity index (χ0v) is 18.1. The fourth-order valence-corrected chi connectivity index (χ4v) is 4.50. The molecule has 160 valence electrons. The number of fused-ring (bicyclic) bond motifs is 3. The van der Waals surface area contributed by atoms with Crippen molar-refractivity contribution < 1.29 is 9.59 Å². The fourth-order valence-electron chi connectivity index (χ4n) is 4.28. The number of hydrogen-bond donors (Lipinski definition) is 1. The topological polar surface area (TPSA) is 54.3 Å². The Hall–Kier alpha value is -3.57. The quantitative estimate of drug-likeness (QED) is 0.488. The lowest BCUT2D eigenvalue weighted by Gasteiger charge is -2.36. The Kier molecular flexibility index (Phi) is 5.41. The van der Waals surface area contributed by atoms with Gasteiger partial charge in [-0.25, -0.2) is 0 Å². The van der Waals surface area contributed by atoms with E-state index in [1.165, 1.54) is 0 Å². The van der Waals surface area contributed by atoms with Crippen molar-refractivity contribution in [2.45, 2.75) is 25.7 Å². The number of hydrogen-bond acceptors (Lipinski definition) is 2. The van der Waals surface area contributed by atoms with E-state index in [-0.39, 0.29) is 11.8 Å². The predicted molar refractivity (Wildman–Crippen MR) is 125 cm³/mol. The SMILES string of the molecule is O=C(NCc1cccc(Cl)c1)[C@@H]1Cn2c(cc3ccccc32)C(=O)N1Cc1ccccc1. The third-order valence-electron chi connectivity index (χ3n) is 5.88. The molecule has 32 heavy (non-hydrogen) atoms. The predicted octanol–water partition coefficient (Wildman–Crippen LogP) is 4.64. The van der Waals surface area contributed by atoms with Gasteiger partial charge in [0.1, 0.15) is 11.7 Å². The first kappa shape index (κ1) is 20.3. The average Bonchev–Trinajstić information content (AvgIpc) is 3.19. The molecule has 0 radical (unpaired) electrons. The van der Waals surface area contributed by atoms with E-state index in [9.17, 15) is 9.59 Å². The number of para-hydroxylation sites is 1. The summed E-state index contributed by atoms with van der Waals surface area (Å²) in [6, 6.07) is 26.3. The number of aromatic nitrogens is 1. The Morgan fingerprint density at radius 1 is 0.938 bits per heavy atom. The van der Waals surface area contributed by atoms with E-state index in [0.717, 1.165) is 22.0 Å². The highest BCUT2D eigenvalue weighted by Crippen LogP contribution is 2.28. The van der Waals surface area contributed by atoms with Gasteiger partial charge in [-0.1, -0.05) is 72.3 Å². The van der Waals surface area contributed by atoms with Gasteiger partial charge in [0.05, 0.1) is 6.54 Å². The molecule has 0 aliphatic carbocycles. The van der Waals surface area contributed by atoms with Crippen LogP contribution >= 0.6 is 11.6 Å². The van der Waals surface area contributed by atoms with Gasteiger partial charge in [0, 0.05) is 29.0 Å². The Morgan fingerprint density at radius 3 is 2.50 bits per heavy atom. The van der Waals surface area contributed by atoms with Crippen molar-refractivity contribution >= 4 is 34.3 Å². The van der Waals surface area contributed by atoms with E-state index in [2.05, 4.69) is 5.32 Å². The molecular formula is C26H22ClN3O2. The standard InChI is InChI=1S/C26H22ClN3O2/c27-21-11-6-9-19(13-21)15-28-25(31)24-17-29-22-12-5-4-10-20(22)14-23(29)26(32)30(24)16-18-7-2-1-3-8-18/h1-14,24H,15-17H2,(H,28,31)/t24-/m0/s1. The van der Waals surface area contributed by atoms with Crippen LogP contribution in [0.4, 0.5) is 0 Å². The number of carbonyl (C=O) groups excluding carboxylic acids is 2. The Bertz CT molecular complexity index is 1300. The number of amides is 2. The van der Waals surface area contributed by atoms with Crippen LogP contribution in [0.2, 0.25) is 5.02 Å². The highest BCUT2D eigenvalue weighted by molar-refractivity contribution is 6.30. The van der Waals surface area contributed by atoms with Crippen molar-refractivity contribution in [3.05, 3.63) is 107 Å². The van der Waals surface area contributed by atoms with Gasteiger partial charge in [-0.05, 0) is 35.4 Å². The van der Waals surface area contributed by atoms with Gasteiger partial charge < -0.3 is 14.8 Å². The largest absolute Gasteiger partial charge is 0.350 e. The monoisotopic (exact) mass is 443 g/mol. The molecule has 0 unspecified atom stereocenters. The maximum Gasteiger partial charge on any atom is 0.271 e. The zero-order valence-electron chi connectivity index (χ0n) is 17.4. The molecule has 2 amide bonds. The molecule has 1 N–H and O–H groups in total. The molecule has 1 aromatic heterocycles. The van der Waals surface area contributed by atoms with Crippen molar-refractivity contribution in [3.63, 3.8) is 0 Å². The summed E-state index contributed by atoms with van der Waals surface area (Å²) in [6.45, 7) is 1.13. The van der Waals surface area contributed by atoms with Crippen LogP contribution in [0, 0.1) is 0 Å². The molecule has 1 aliphatic heterocycles. The number of nitrogens with zero attached hydrogens (tertiary/aromatic N) is 2. The molecule has 1 atom stereocenters. The molecule has 6 heteroatoms. The van der Waals surface area contributed by atoms with Gasteiger partial charge in [-0.2, -0.15) is 0 Å². The maximum absolute atomic E-state index is 13.5. The summed E-state index contributed by atoms with van der Waals surface area (Å²) in [4.78, 5) is 28.5. The van der Waals surface area contributed by atoms with E-state index >= 15 is 0 Å². The maximum atomic E-state index is 13.5. The van der Waals surface area contributed by atoms with Crippen molar-refractivity contribution in [1.82, 2.24) is 14.8 Å². The van der Waals surface area contributed by atoms with Crippen LogP contribution in [0.1, 0.15) is 21.6 Å². The number of halogens is 1. The molecule has 0 fully saturated rings. The molecule has 0 bridgehead atoms. The van der Waals surface area contributed by atoms with Gasteiger partial charge in [-0.15, -0.1) is 0 Å². The first-order valence-electron chi connectivity index (χ1n) is 10.6. The van der Waals surface area contributed by atoms with Crippen LogP contribution in [0.3, 0.4) is 0 Å². The highest BCUT2D eigenvalue weighted by atomic mass is 35.5. The van der Waals surface area contributed by atoms with Crippen LogP contribution in [0.25, 0.3) is 10.9 Å². The molecule has 0 saturated heterocycles. The third kappa shape index (κ3) is 3.87. The van der Waals surface area contributed by atoms with Gasteiger partial charge >= 0.3 is 0 Å². The highest BCUT2D eigenvalue weighted by Gasteiger charge is 2.37. The summed E-state index contributed by atoms with van der Waals surface area (Å²) in [5, 5.41) is 4.62. The van der Waals surface area contributed by atoms with Gasteiger partial charge in [0.2, 0.25) is 5.91 Å². The van der Waals surface area contributed by atoms with Crippen LogP contribution in [0.15, 0.2) is 84.9 Å². The zero-order chi connectivity index (χ0) is 22.1. The summed E-state index contributed by atoms with van der Waals surface area (Å²) >= 11 is 6.07. The Morgan fingerprint density at radius 2 is 1.69 bits per heavy atom. The normalized spacial score (nSPS) is 15.6. The van der Waals surface area contributed by atoms with Crippen molar-refractivity contribution in [3.8, 4) is 0 Å². The Labute approximate surface area is 191 Å². The molecule has 2 heterocycles. The summed E-state index contributed by atoms with van der Waals surface area (Å²) in [5.41, 5.74) is 3.47. The number of benzene rings is 3. The van der Waals surface area contributed by atoms with Crippen molar-refractivity contribution in [1.29, 1.82) is 0 Å². The lowest BCUT2D eigenvalue weighted by atomic mass is 10.1. The average molecular weight is 444 g/mol. The molecular weight excluding hydrogens is 422 g/mol. The molecule has 5 nitrogen and oxygen atoms in total. The van der Waals surface area contributed by atoms with Gasteiger partial charge in [0.15, 0.2) is 0 Å². The van der Waals surface area contributed by atoms with E-state index in [0.29, 0.717) is 30.4 Å². The van der Waals surface area contributed by atoms with Crippen LogP contribution < -0.4 is 5.32 Å². The summed E-state index contributed by atoms with van der Waals surface area (Å²) in [6.07, 6.45) is 0. The fraction of sp³-hybridized carbons (Fsp3) is 0.154. The molecule has 4 aromatic rings. The second-order valence-corrected chi connectivity index (χ2v) is 8.42. The van der Waals surface area contributed by atoms with E-state index in [4.69, 9.17) is 11.6 Å². The second-order valence-electron chi connectivity index (χ2n) is 7.98. The third-order valence-corrected chi connectivity index (χ3v) is 6.11. The van der Waals surface area contributed by atoms with Crippen molar-refractivity contribution in [2.24, 2.45) is 0 Å². The molecule has 3 aromatic carbocycles. The minimum atomic E-state index is -0.620. The number of nitrogens with one attached hydrogen (secondary N) is 1. The smallest absolute Gasteiger partial charge is 0.271 e. The first-order valence-corrected chi connectivity index (χ1v) is 10.9. The molecule has 0 saturated carbocycles. The van der Waals surface area contributed by atoms with Gasteiger partial charge in [0.25, 0.3) is 5.91 Å². The minimum absolute atomic E-state index is 0.140. The molecule has 5 rings (SSSR count). The Balaban J connectivity index is 1.47. The lowest BCUT2D eigenvalue weighted by Crippen LogP contribution is -2.54. The molecule has 0 spiro atoms. The minimum Gasteiger partial charge on any atom is -0.350 e. The van der Waals surface area contributed by atoms with Crippen LogP contribution in [-0.4, -0.2) is 27.3 Å². The lowest BCUT2D eigenvalue weighted by molar-refractivity contribution is -0.126. The van der Waals surface area contributed by atoms with E-state index < -0.39 is 6.04 Å². The number of rotatable bonds is 5. The van der Waals surface area contributed by atoms with Gasteiger partial charge in [-0.3, -0.25) is 9.59 Å². The van der Waals surface area contributed by atoms with Crippen molar-refractivity contribution in [2.75, 3.05) is 0 Å². The van der Waals surface area contributed by atoms with E-state index in [1.54, 1.807) is 11.0 Å². The summed E-state index contributed by atoms with van der Waals surface area (Å²) < 4.78 is 1.96. The number of carbonyl (C=O) groups is 2. The van der Waals surface area contributed by atoms with Crippen LogP contribution in [-0.2, 0) is 24.4 Å². The second kappa shape index (κ2) is 8.52. The summed E-state index contributed by atoms with van der Waals surface area (Å²) in [5.74, 6) is -0.322. The molecule has 1 aliphatic rings. The first-order chi connectivity index (χ1) is 15.6. The van der Waals surface area contributed by atoms with Crippen LogP contribution in [0.5, 0.6) is 0 Å². The van der Waals surface area contributed by atoms with E-state index in [1.807, 2.05) is 83.4 Å². The summed E-state index contributed by atoms with van der Waals surface area (Å²) in [7, 11) is 0.